The molecule has 3 N–H and O–H groups in total. The summed E-state index contributed by atoms with van der Waals surface area (Å²) in [5.41, 5.74) is 7.79. The van der Waals surface area contributed by atoms with Crippen LogP contribution in [0.5, 0.6) is 0 Å². The van der Waals surface area contributed by atoms with Gasteiger partial charge in [0.25, 0.3) is 0 Å². The predicted molar refractivity (Wildman–Crippen MR) is 81.4 cm³/mol. The van der Waals surface area contributed by atoms with Crippen LogP contribution in [-0.2, 0) is 13.1 Å². The lowest BCUT2D eigenvalue weighted by Crippen LogP contribution is -2.23. The Morgan fingerprint density at radius 2 is 2.10 bits per heavy atom. The van der Waals surface area contributed by atoms with E-state index in [9.17, 15) is 0 Å². The number of aromatic nitrogens is 2. The first-order valence-corrected chi connectivity index (χ1v) is 7.20. The molecule has 2 rings (SSSR count). The fourth-order valence-electron chi connectivity index (χ4n) is 2.40. The molecule has 0 bridgehead atoms. The van der Waals surface area contributed by atoms with Crippen LogP contribution in [0, 0.1) is 0 Å². The molecular weight excluding hydrogens is 252 g/mol. The fourth-order valence-corrected chi connectivity index (χ4v) is 2.40. The number of imidazole rings is 1. The Labute approximate surface area is 120 Å². The molecule has 2 aromatic rings. The van der Waals surface area contributed by atoms with Crippen molar-refractivity contribution in [3.63, 3.8) is 0 Å². The third-order valence-electron chi connectivity index (χ3n) is 3.46. The van der Waals surface area contributed by atoms with Crippen LogP contribution in [-0.4, -0.2) is 46.3 Å². The van der Waals surface area contributed by atoms with Gasteiger partial charge in [0.2, 0.25) is 0 Å². The van der Waals surface area contributed by atoms with Crippen molar-refractivity contribution in [3.05, 3.63) is 30.1 Å². The number of hydrogen-bond acceptors (Lipinski definition) is 4. The van der Waals surface area contributed by atoms with Crippen LogP contribution in [0.2, 0.25) is 0 Å². The number of unbranched alkanes of at least 4 members (excludes halogenated alkanes) is 1. The predicted octanol–water partition coefficient (Wildman–Crippen LogP) is 1.20. The maximum absolute atomic E-state index is 9.01. The third kappa shape index (κ3) is 3.56. The summed E-state index contributed by atoms with van der Waals surface area (Å²) in [6.07, 6.45) is 2.09. The number of fused-ring (bicyclic) bond motifs is 1. The number of para-hydroxylation sites is 2. The van der Waals surface area contributed by atoms with Gasteiger partial charge in [-0.3, -0.25) is 4.90 Å². The number of aryl methyl sites for hydroxylation is 1. The third-order valence-corrected chi connectivity index (χ3v) is 3.46. The van der Waals surface area contributed by atoms with Gasteiger partial charge >= 0.3 is 0 Å². The highest BCUT2D eigenvalue weighted by molar-refractivity contribution is 5.75. The molecule has 20 heavy (non-hydrogen) atoms. The fraction of sp³-hybridized carbons (Fsp3) is 0.533. The van der Waals surface area contributed by atoms with Crippen molar-refractivity contribution >= 4 is 11.0 Å². The molecule has 5 nitrogen and oxygen atoms in total. The number of aliphatic hydroxyl groups is 1. The zero-order valence-corrected chi connectivity index (χ0v) is 12.1. The summed E-state index contributed by atoms with van der Waals surface area (Å²) in [4.78, 5) is 6.81. The van der Waals surface area contributed by atoms with Crippen molar-refractivity contribution in [3.8, 4) is 0 Å². The number of hydrogen-bond donors (Lipinski definition) is 2. The minimum atomic E-state index is 0.171. The van der Waals surface area contributed by atoms with E-state index in [2.05, 4.69) is 15.5 Å². The van der Waals surface area contributed by atoms with Crippen molar-refractivity contribution in [2.45, 2.75) is 25.9 Å². The molecule has 5 heteroatoms. The molecule has 0 saturated carbocycles. The Morgan fingerprint density at radius 1 is 1.30 bits per heavy atom. The van der Waals surface area contributed by atoms with E-state index in [0.29, 0.717) is 6.54 Å². The monoisotopic (exact) mass is 276 g/mol. The van der Waals surface area contributed by atoms with Gasteiger partial charge in [-0.25, -0.2) is 4.98 Å². The quantitative estimate of drug-likeness (QED) is 0.711. The number of nitrogens with two attached hydrogens (primary N) is 1. The molecule has 110 valence electrons. The number of rotatable bonds is 8. The average Bonchev–Trinajstić information content (AvgIpc) is 2.77. The van der Waals surface area contributed by atoms with Crippen molar-refractivity contribution in [2.24, 2.45) is 5.73 Å². The lowest BCUT2D eigenvalue weighted by atomic mass is 10.3. The highest BCUT2D eigenvalue weighted by Gasteiger charge is 2.11. The van der Waals surface area contributed by atoms with Crippen LogP contribution in [0.4, 0.5) is 0 Å². The highest BCUT2D eigenvalue weighted by Crippen LogP contribution is 2.17. The molecule has 0 fully saturated rings. The second-order valence-corrected chi connectivity index (χ2v) is 5.13. The summed E-state index contributed by atoms with van der Waals surface area (Å²) < 4.78 is 2.28. The first kappa shape index (κ1) is 15.0. The Bertz CT molecular complexity index is 538. The van der Waals surface area contributed by atoms with Crippen molar-refractivity contribution in [1.82, 2.24) is 14.5 Å². The van der Waals surface area contributed by atoms with Gasteiger partial charge in [0.05, 0.1) is 24.2 Å². The first-order chi connectivity index (χ1) is 9.76. The van der Waals surface area contributed by atoms with Gasteiger partial charge < -0.3 is 15.4 Å². The molecule has 1 heterocycles. The van der Waals surface area contributed by atoms with Crippen LogP contribution >= 0.6 is 0 Å². The van der Waals surface area contributed by atoms with E-state index >= 15 is 0 Å². The van der Waals surface area contributed by atoms with E-state index in [1.165, 1.54) is 5.52 Å². The van der Waals surface area contributed by atoms with Crippen LogP contribution < -0.4 is 5.73 Å². The second kappa shape index (κ2) is 7.38. The summed E-state index contributed by atoms with van der Waals surface area (Å²) in [6, 6.07) is 8.22. The van der Waals surface area contributed by atoms with Crippen LogP contribution in [0.15, 0.2) is 24.3 Å². The van der Waals surface area contributed by atoms with Crippen molar-refractivity contribution in [1.29, 1.82) is 0 Å². The van der Waals surface area contributed by atoms with E-state index in [1.54, 1.807) is 0 Å². The molecule has 0 amide bonds. The van der Waals surface area contributed by atoms with Crippen molar-refractivity contribution < 1.29 is 5.11 Å². The Balaban J connectivity index is 2.23. The maximum atomic E-state index is 9.01. The van der Waals surface area contributed by atoms with Crippen LogP contribution in [0.25, 0.3) is 11.0 Å². The summed E-state index contributed by atoms with van der Waals surface area (Å²) in [5, 5.41) is 9.01. The van der Waals surface area contributed by atoms with E-state index in [0.717, 1.165) is 43.8 Å². The number of likely N-dealkylation sites (N-methyl/N-ethyl adjacent to an activating group) is 1. The van der Waals surface area contributed by atoms with E-state index in [-0.39, 0.29) is 6.61 Å². The van der Waals surface area contributed by atoms with Gasteiger partial charge in [-0.2, -0.15) is 0 Å². The number of nitrogens with zero attached hydrogens (tertiary/aromatic N) is 3. The SMILES string of the molecule is CN(CCO)Cc1nc2ccccc2n1CCCCN. The van der Waals surface area contributed by atoms with Crippen LogP contribution in [0.1, 0.15) is 18.7 Å². The minimum absolute atomic E-state index is 0.171. The smallest absolute Gasteiger partial charge is 0.124 e. The van der Waals surface area contributed by atoms with Gasteiger partial charge in [-0.05, 0) is 38.6 Å². The van der Waals surface area contributed by atoms with Gasteiger partial charge in [0.1, 0.15) is 5.82 Å². The zero-order valence-electron chi connectivity index (χ0n) is 12.1. The maximum Gasteiger partial charge on any atom is 0.124 e. The molecule has 0 spiro atoms. The molecule has 0 aliphatic heterocycles. The topological polar surface area (TPSA) is 67.3 Å². The molecule has 0 saturated heterocycles. The molecule has 1 aromatic heterocycles. The summed E-state index contributed by atoms with van der Waals surface area (Å²) in [6.45, 7) is 3.25. The first-order valence-electron chi connectivity index (χ1n) is 7.20. The van der Waals surface area contributed by atoms with Crippen LogP contribution in [0.3, 0.4) is 0 Å². The van der Waals surface area contributed by atoms with E-state index in [1.807, 2.05) is 25.2 Å². The highest BCUT2D eigenvalue weighted by atomic mass is 16.3. The molecular formula is C15H24N4O. The number of aliphatic hydroxyl groups excluding tert-OH is 1. The van der Waals surface area contributed by atoms with Gasteiger partial charge in [-0.1, -0.05) is 12.1 Å². The van der Waals surface area contributed by atoms with E-state index in [4.69, 9.17) is 15.8 Å². The molecule has 0 unspecified atom stereocenters. The molecule has 0 aliphatic carbocycles. The Hall–Kier alpha value is -1.43. The Morgan fingerprint density at radius 3 is 2.85 bits per heavy atom. The van der Waals surface area contributed by atoms with Gasteiger partial charge in [0.15, 0.2) is 0 Å². The molecule has 1 aromatic carbocycles. The second-order valence-electron chi connectivity index (χ2n) is 5.13. The number of benzene rings is 1. The largest absolute Gasteiger partial charge is 0.395 e. The molecule has 0 aliphatic rings. The summed E-state index contributed by atoms with van der Waals surface area (Å²) in [5.74, 6) is 1.05. The average molecular weight is 276 g/mol. The van der Waals surface area contributed by atoms with Gasteiger partial charge in [0, 0.05) is 13.1 Å². The van der Waals surface area contributed by atoms with Crippen molar-refractivity contribution in [2.75, 3.05) is 26.7 Å². The normalized spacial score (nSPS) is 11.6. The lowest BCUT2D eigenvalue weighted by Gasteiger charge is -2.16. The zero-order chi connectivity index (χ0) is 14.4. The molecule has 0 radical (unpaired) electrons. The Kier molecular flexibility index (Phi) is 5.52. The standard InChI is InChI=1S/C15H24N4O/c1-18(10-11-20)12-15-17-13-6-2-3-7-14(13)19(15)9-5-4-8-16/h2-3,6-7,20H,4-5,8-12,16H2,1H3. The summed E-state index contributed by atoms with van der Waals surface area (Å²) >= 11 is 0. The lowest BCUT2D eigenvalue weighted by molar-refractivity contribution is 0.213. The van der Waals surface area contributed by atoms with E-state index < -0.39 is 0 Å². The molecule has 0 atom stereocenters. The van der Waals surface area contributed by atoms with Gasteiger partial charge in [-0.15, -0.1) is 0 Å². The summed E-state index contributed by atoms with van der Waals surface area (Å²) in [7, 11) is 2.00. The minimum Gasteiger partial charge on any atom is -0.395 e.